The number of benzene rings is 2. The second-order valence-electron chi connectivity index (χ2n) is 7.47. The molecule has 4 aromatic rings. The minimum Gasteiger partial charge on any atom is -0.358 e. The number of nitrogens with zero attached hydrogens (tertiary/aromatic N) is 1. The molecule has 2 aromatic heterocycles. The molecule has 0 saturated carbocycles. The first-order valence-electron chi connectivity index (χ1n) is 9.53. The summed E-state index contributed by atoms with van der Waals surface area (Å²) in [5.41, 5.74) is 3.89. The quantitative estimate of drug-likeness (QED) is 0.495. The topological polar surface area (TPSA) is 62.8 Å². The van der Waals surface area contributed by atoms with Gasteiger partial charge in [-0.2, -0.15) is 0 Å². The van der Waals surface area contributed by atoms with Gasteiger partial charge in [0.25, 0.3) is 0 Å². The molecule has 146 valence electrons. The number of aromatic amines is 1. The lowest BCUT2D eigenvalue weighted by Gasteiger charge is -2.23. The molecule has 0 radical (unpaired) electrons. The van der Waals surface area contributed by atoms with Gasteiger partial charge >= 0.3 is 0 Å². The standard InChI is InChI=1S/C23H19ClN2O2S/c24-16-9-10-20-19(14-16)18-12-15(13-22(18)26-20)23(21-8-4-5-11-25-21)29(27,28)17-6-2-1-3-7-17/h1-11,14-15,23,26H,12-13H2/t15?,23-/m0/s1. The third-order valence-corrected chi connectivity index (χ3v) is 8.16. The summed E-state index contributed by atoms with van der Waals surface area (Å²) in [5.74, 6) is -0.0975. The predicted octanol–water partition coefficient (Wildman–Crippen LogP) is 5.15. The van der Waals surface area contributed by atoms with Crippen LogP contribution < -0.4 is 0 Å². The molecular formula is C23H19ClN2O2S. The Kier molecular flexibility index (Phi) is 4.45. The summed E-state index contributed by atoms with van der Waals surface area (Å²) >= 11 is 6.20. The maximum Gasteiger partial charge on any atom is 0.187 e. The van der Waals surface area contributed by atoms with Gasteiger partial charge in [-0.3, -0.25) is 4.98 Å². The van der Waals surface area contributed by atoms with Gasteiger partial charge in [-0.25, -0.2) is 8.42 Å². The fourth-order valence-corrected chi connectivity index (χ4v) is 6.61. The van der Waals surface area contributed by atoms with Crippen molar-refractivity contribution in [2.75, 3.05) is 0 Å². The van der Waals surface area contributed by atoms with E-state index in [4.69, 9.17) is 11.6 Å². The van der Waals surface area contributed by atoms with E-state index in [0.29, 0.717) is 28.5 Å². The van der Waals surface area contributed by atoms with Crippen molar-refractivity contribution in [3.63, 3.8) is 0 Å². The number of nitrogens with one attached hydrogen (secondary N) is 1. The van der Waals surface area contributed by atoms with E-state index in [1.54, 1.807) is 30.5 Å². The van der Waals surface area contributed by atoms with E-state index in [-0.39, 0.29) is 5.92 Å². The molecule has 0 bridgehead atoms. The van der Waals surface area contributed by atoms with Crippen LogP contribution in [0.1, 0.15) is 22.2 Å². The normalized spacial score (nSPS) is 17.3. The number of pyridine rings is 1. The van der Waals surface area contributed by atoms with Gasteiger partial charge in [-0.1, -0.05) is 35.9 Å². The first kappa shape index (κ1) is 18.4. The highest BCUT2D eigenvalue weighted by molar-refractivity contribution is 7.91. The number of H-pyrrole nitrogens is 1. The van der Waals surface area contributed by atoms with Crippen LogP contribution in [0.2, 0.25) is 5.02 Å². The van der Waals surface area contributed by atoms with Crippen molar-refractivity contribution in [1.29, 1.82) is 0 Å². The van der Waals surface area contributed by atoms with Crippen LogP contribution in [0.3, 0.4) is 0 Å². The lowest BCUT2D eigenvalue weighted by Crippen LogP contribution is -2.24. The molecule has 29 heavy (non-hydrogen) atoms. The Balaban J connectivity index is 1.60. The lowest BCUT2D eigenvalue weighted by atomic mass is 9.98. The summed E-state index contributed by atoms with van der Waals surface area (Å²) < 4.78 is 27.3. The Morgan fingerprint density at radius 3 is 2.55 bits per heavy atom. The zero-order valence-corrected chi connectivity index (χ0v) is 17.1. The van der Waals surface area contributed by atoms with E-state index in [9.17, 15) is 8.42 Å². The van der Waals surface area contributed by atoms with Crippen molar-refractivity contribution < 1.29 is 8.42 Å². The second-order valence-corrected chi connectivity index (χ2v) is 9.98. The Bertz CT molecular complexity index is 1280. The van der Waals surface area contributed by atoms with E-state index in [2.05, 4.69) is 9.97 Å². The molecular weight excluding hydrogens is 404 g/mol. The van der Waals surface area contributed by atoms with Crippen LogP contribution >= 0.6 is 11.6 Å². The van der Waals surface area contributed by atoms with E-state index in [1.165, 1.54) is 0 Å². The minimum atomic E-state index is -3.60. The average molecular weight is 423 g/mol. The predicted molar refractivity (Wildman–Crippen MR) is 115 cm³/mol. The maximum absolute atomic E-state index is 13.6. The second kappa shape index (κ2) is 7.01. The summed E-state index contributed by atoms with van der Waals surface area (Å²) in [6, 6.07) is 19.9. The lowest BCUT2D eigenvalue weighted by molar-refractivity contribution is 0.493. The van der Waals surface area contributed by atoms with Gasteiger partial charge in [0.15, 0.2) is 9.84 Å². The Morgan fingerprint density at radius 2 is 1.79 bits per heavy atom. The molecule has 0 saturated heterocycles. The molecule has 5 rings (SSSR count). The summed E-state index contributed by atoms with van der Waals surface area (Å²) in [6.07, 6.45) is 2.99. The zero-order chi connectivity index (χ0) is 20.0. The van der Waals surface area contributed by atoms with Crippen molar-refractivity contribution in [3.8, 4) is 0 Å². The van der Waals surface area contributed by atoms with Crippen molar-refractivity contribution in [1.82, 2.24) is 9.97 Å². The summed E-state index contributed by atoms with van der Waals surface area (Å²) in [4.78, 5) is 8.22. The van der Waals surface area contributed by atoms with E-state index >= 15 is 0 Å². The largest absolute Gasteiger partial charge is 0.358 e. The van der Waals surface area contributed by atoms with Crippen LogP contribution in [0.15, 0.2) is 77.8 Å². The van der Waals surface area contributed by atoms with Gasteiger partial charge in [-0.05, 0) is 66.8 Å². The number of aromatic nitrogens is 2. The molecule has 1 aliphatic rings. The minimum absolute atomic E-state index is 0.0975. The molecule has 1 unspecified atom stereocenters. The monoisotopic (exact) mass is 422 g/mol. The number of hydrogen-bond acceptors (Lipinski definition) is 3. The maximum atomic E-state index is 13.6. The molecule has 2 heterocycles. The molecule has 2 aromatic carbocycles. The van der Waals surface area contributed by atoms with Gasteiger partial charge in [0.05, 0.1) is 10.6 Å². The smallest absolute Gasteiger partial charge is 0.187 e. The van der Waals surface area contributed by atoms with Crippen LogP contribution in [0.5, 0.6) is 0 Å². The molecule has 2 atom stereocenters. The molecule has 6 heteroatoms. The molecule has 0 spiro atoms. The van der Waals surface area contributed by atoms with Crippen molar-refractivity contribution in [2.45, 2.75) is 23.0 Å². The first-order valence-corrected chi connectivity index (χ1v) is 11.5. The number of hydrogen-bond donors (Lipinski definition) is 1. The average Bonchev–Trinajstić information content (AvgIpc) is 3.27. The van der Waals surface area contributed by atoms with Crippen LogP contribution in [-0.4, -0.2) is 18.4 Å². The van der Waals surface area contributed by atoms with Gasteiger partial charge in [-0.15, -0.1) is 0 Å². The number of sulfone groups is 1. The Hall–Kier alpha value is -2.63. The van der Waals surface area contributed by atoms with Gasteiger partial charge in [0, 0.05) is 27.8 Å². The van der Waals surface area contributed by atoms with Gasteiger partial charge in [0.1, 0.15) is 5.25 Å². The fraction of sp³-hybridized carbons (Fsp3) is 0.174. The third kappa shape index (κ3) is 3.15. The fourth-order valence-electron chi connectivity index (χ4n) is 4.45. The number of rotatable bonds is 4. The highest BCUT2D eigenvalue weighted by atomic mass is 35.5. The zero-order valence-electron chi connectivity index (χ0n) is 15.5. The molecule has 1 aliphatic carbocycles. The van der Waals surface area contributed by atoms with Crippen molar-refractivity contribution in [3.05, 3.63) is 94.9 Å². The molecule has 1 N–H and O–H groups in total. The molecule has 4 nitrogen and oxygen atoms in total. The highest BCUT2D eigenvalue weighted by Gasteiger charge is 2.41. The summed E-state index contributed by atoms with van der Waals surface area (Å²) in [5, 5.41) is 1.05. The van der Waals surface area contributed by atoms with Crippen LogP contribution in [-0.2, 0) is 22.7 Å². The van der Waals surface area contributed by atoms with Crippen LogP contribution in [0, 0.1) is 5.92 Å². The first-order chi connectivity index (χ1) is 14.0. The van der Waals surface area contributed by atoms with Gasteiger partial charge in [0.2, 0.25) is 0 Å². The summed E-state index contributed by atoms with van der Waals surface area (Å²) in [6.45, 7) is 0. The van der Waals surface area contributed by atoms with E-state index in [1.807, 2.05) is 42.5 Å². The Labute approximate surface area is 174 Å². The van der Waals surface area contributed by atoms with Crippen molar-refractivity contribution >= 4 is 32.3 Å². The molecule has 0 aliphatic heterocycles. The van der Waals surface area contributed by atoms with Crippen LogP contribution in [0.25, 0.3) is 10.9 Å². The number of fused-ring (bicyclic) bond motifs is 3. The molecule has 0 amide bonds. The molecule has 0 fully saturated rings. The summed E-state index contributed by atoms with van der Waals surface area (Å²) in [7, 11) is -3.60. The number of halogens is 1. The van der Waals surface area contributed by atoms with Gasteiger partial charge < -0.3 is 4.98 Å². The van der Waals surface area contributed by atoms with E-state index < -0.39 is 15.1 Å². The highest BCUT2D eigenvalue weighted by Crippen LogP contribution is 2.44. The van der Waals surface area contributed by atoms with Crippen LogP contribution in [0.4, 0.5) is 0 Å². The SMILES string of the molecule is O=S(=O)(c1ccccc1)[C@H](c1ccccn1)C1Cc2[nH]c3ccc(Cl)cc3c2C1. The van der Waals surface area contributed by atoms with E-state index in [0.717, 1.165) is 22.2 Å². The third-order valence-electron chi connectivity index (χ3n) is 5.70. The van der Waals surface area contributed by atoms with Crippen molar-refractivity contribution in [2.24, 2.45) is 5.92 Å². The Morgan fingerprint density at radius 1 is 1.00 bits per heavy atom.